The molecule has 4 N–H and O–H groups in total. The highest BCUT2D eigenvalue weighted by Gasteiger charge is 2.21. The second kappa shape index (κ2) is 13.5. The number of allylic oxidation sites excluding steroid dienone is 4. The van der Waals surface area contributed by atoms with Crippen LogP contribution in [0.2, 0.25) is 0 Å². The number of hydrogen-bond donors (Lipinski definition) is 3. The zero-order valence-electron chi connectivity index (χ0n) is 27.7. The molecule has 0 amide bonds. The molecule has 2 aromatic heterocycles. The van der Waals surface area contributed by atoms with E-state index in [1.165, 1.54) is 49.0 Å². The third-order valence-electron chi connectivity index (χ3n) is 9.33. The first-order valence-corrected chi connectivity index (χ1v) is 16.8. The van der Waals surface area contributed by atoms with Gasteiger partial charge in [0.15, 0.2) is 0 Å². The molecule has 51 heavy (non-hydrogen) atoms. The first kappa shape index (κ1) is 31.3. The van der Waals surface area contributed by atoms with E-state index in [2.05, 4.69) is 113 Å². The SMILES string of the molecule is N=C1C(=N)C(c2ccncc2)=CC=C1c1ccncc1.Nc1cccc(-c2c3ccccc3c(-c3ccc4ccccc4c3)c3ccccc23)c1. The normalized spacial score (nSPS) is 12.7. The number of nitrogens with one attached hydrogen (secondary N) is 2. The van der Waals surface area contributed by atoms with E-state index in [0.29, 0.717) is 0 Å². The van der Waals surface area contributed by atoms with Crippen LogP contribution in [0.3, 0.4) is 0 Å². The van der Waals surface area contributed by atoms with Crippen LogP contribution < -0.4 is 5.73 Å². The molecular weight excluding hydrogens is 623 g/mol. The Morgan fingerprint density at radius 3 is 1.33 bits per heavy atom. The maximum absolute atomic E-state index is 8.20. The lowest BCUT2D eigenvalue weighted by Crippen LogP contribution is -2.18. The molecule has 0 saturated carbocycles. The van der Waals surface area contributed by atoms with E-state index in [-0.39, 0.29) is 11.4 Å². The summed E-state index contributed by atoms with van der Waals surface area (Å²) in [6, 6.07) is 48.3. The molecule has 0 saturated heterocycles. The molecule has 5 heteroatoms. The minimum absolute atomic E-state index is 0.227. The third kappa shape index (κ3) is 5.98. The molecular formula is C46H33N5. The first-order chi connectivity index (χ1) is 25.1. The van der Waals surface area contributed by atoms with E-state index in [0.717, 1.165) is 33.5 Å². The molecule has 0 bridgehead atoms. The quantitative estimate of drug-likeness (QED) is 0.0999. The number of rotatable bonds is 4. The highest BCUT2D eigenvalue weighted by molar-refractivity contribution is 6.68. The zero-order valence-corrected chi connectivity index (χ0v) is 27.7. The van der Waals surface area contributed by atoms with E-state index >= 15 is 0 Å². The number of nitrogen functional groups attached to an aromatic ring is 1. The Bertz CT molecular complexity index is 2550. The molecule has 5 nitrogen and oxygen atoms in total. The van der Waals surface area contributed by atoms with Gasteiger partial charge in [0.1, 0.15) is 0 Å². The fraction of sp³-hybridized carbons (Fsp3) is 0. The predicted octanol–water partition coefficient (Wildman–Crippen LogP) is 11.1. The van der Waals surface area contributed by atoms with E-state index in [1.807, 2.05) is 48.6 Å². The Morgan fingerprint density at radius 2 is 0.843 bits per heavy atom. The topological polar surface area (TPSA) is 99.5 Å². The number of nitrogens with zero attached hydrogens (tertiary/aromatic N) is 2. The Kier molecular flexibility index (Phi) is 8.28. The lowest BCUT2D eigenvalue weighted by atomic mass is 9.85. The smallest absolute Gasteiger partial charge is 0.0873 e. The molecule has 1 aliphatic rings. The van der Waals surface area contributed by atoms with Gasteiger partial charge in [0.25, 0.3) is 0 Å². The monoisotopic (exact) mass is 655 g/mol. The molecule has 6 aromatic carbocycles. The molecule has 0 aliphatic heterocycles. The first-order valence-electron chi connectivity index (χ1n) is 16.8. The average Bonchev–Trinajstić information content (AvgIpc) is 3.18. The van der Waals surface area contributed by atoms with Crippen molar-refractivity contribution in [2.45, 2.75) is 0 Å². The van der Waals surface area contributed by atoms with Crippen molar-refractivity contribution in [1.29, 1.82) is 10.8 Å². The van der Waals surface area contributed by atoms with E-state index in [1.54, 1.807) is 24.8 Å². The van der Waals surface area contributed by atoms with Crippen molar-refractivity contribution in [1.82, 2.24) is 9.97 Å². The van der Waals surface area contributed by atoms with Crippen LogP contribution in [-0.2, 0) is 0 Å². The van der Waals surface area contributed by atoms with E-state index < -0.39 is 0 Å². The van der Waals surface area contributed by atoms with E-state index in [9.17, 15) is 0 Å². The van der Waals surface area contributed by atoms with Gasteiger partial charge in [-0.25, -0.2) is 0 Å². The van der Waals surface area contributed by atoms with Gasteiger partial charge in [-0.1, -0.05) is 109 Å². The summed E-state index contributed by atoms with van der Waals surface area (Å²) in [7, 11) is 0. The Balaban J connectivity index is 0.000000162. The fourth-order valence-corrected chi connectivity index (χ4v) is 6.94. The molecule has 242 valence electrons. The summed E-state index contributed by atoms with van der Waals surface area (Å²) in [6.45, 7) is 0. The van der Waals surface area contributed by atoms with Crippen LogP contribution in [0.5, 0.6) is 0 Å². The third-order valence-corrected chi connectivity index (χ3v) is 9.33. The van der Waals surface area contributed by atoms with Crippen LogP contribution in [0.15, 0.2) is 176 Å². The van der Waals surface area contributed by atoms with Gasteiger partial charge in [0.2, 0.25) is 0 Å². The second-order valence-electron chi connectivity index (χ2n) is 12.4. The summed E-state index contributed by atoms with van der Waals surface area (Å²) < 4.78 is 0. The maximum Gasteiger partial charge on any atom is 0.0873 e. The molecule has 2 heterocycles. The molecule has 0 radical (unpaired) electrons. The number of nitrogens with two attached hydrogens (primary N) is 1. The Labute approximate surface area is 296 Å². The molecule has 1 aliphatic carbocycles. The highest BCUT2D eigenvalue weighted by Crippen LogP contribution is 2.44. The highest BCUT2D eigenvalue weighted by atomic mass is 14.6. The zero-order chi connectivity index (χ0) is 34.7. The van der Waals surface area contributed by atoms with Crippen molar-refractivity contribution in [3.05, 3.63) is 188 Å². The van der Waals surface area contributed by atoms with Crippen molar-refractivity contribution in [2.75, 3.05) is 5.73 Å². The van der Waals surface area contributed by atoms with Gasteiger partial charge in [-0.05, 0) is 108 Å². The van der Waals surface area contributed by atoms with Gasteiger partial charge in [-0.3, -0.25) is 20.8 Å². The number of hydrogen-bond acceptors (Lipinski definition) is 5. The molecule has 8 aromatic rings. The van der Waals surface area contributed by atoms with E-state index in [4.69, 9.17) is 16.6 Å². The average molecular weight is 656 g/mol. The summed E-state index contributed by atoms with van der Waals surface area (Å²) in [6.07, 6.45) is 10.5. The second-order valence-corrected chi connectivity index (χ2v) is 12.4. The largest absolute Gasteiger partial charge is 0.399 e. The summed E-state index contributed by atoms with van der Waals surface area (Å²) in [4.78, 5) is 7.95. The van der Waals surface area contributed by atoms with Crippen LogP contribution in [-0.4, -0.2) is 21.4 Å². The van der Waals surface area contributed by atoms with Crippen LogP contribution in [0, 0.1) is 10.8 Å². The minimum atomic E-state index is 0.227. The van der Waals surface area contributed by atoms with Gasteiger partial charge < -0.3 is 5.73 Å². The fourth-order valence-electron chi connectivity index (χ4n) is 6.94. The van der Waals surface area contributed by atoms with Crippen molar-refractivity contribution < 1.29 is 0 Å². The summed E-state index contributed by atoms with van der Waals surface area (Å²) in [5.74, 6) is 0. The molecule has 0 atom stereocenters. The minimum Gasteiger partial charge on any atom is -0.399 e. The summed E-state index contributed by atoms with van der Waals surface area (Å²) in [5, 5.41) is 23.9. The number of pyridine rings is 2. The summed E-state index contributed by atoms with van der Waals surface area (Å²) >= 11 is 0. The van der Waals surface area contributed by atoms with Crippen LogP contribution in [0.25, 0.3) is 65.7 Å². The lowest BCUT2D eigenvalue weighted by molar-refractivity contribution is 1.31. The van der Waals surface area contributed by atoms with Gasteiger partial charge >= 0.3 is 0 Å². The predicted molar refractivity (Wildman–Crippen MR) is 214 cm³/mol. The van der Waals surface area contributed by atoms with Crippen molar-refractivity contribution in [3.63, 3.8) is 0 Å². The van der Waals surface area contributed by atoms with Crippen molar-refractivity contribution >= 4 is 60.6 Å². The number of benzene rings is 6. The Hall–Kier alpha value is -6.98. The maximum atomic E-state index is 8.20. The van der Waals surface area contributed by atoms with Crippen LogP contribution >= 0.6 is 0 Å². The Morgan fingerprint density at radius 1 is 0.392 bits per heavy atom. The number of fused-ring (bicyclic) bond motifs is 3. The van der Waals surface area contributed by atoms with Gasteiger partial charge in [-0.15, -0.1) is 0 Å². The molecule has 9 rings (SSSR count). The van der Waals surface area contributed by atoms with Gasteiger partial charge in [0, 0.05) is 41.6 Å². The molecule has 0 unspecified atom stereocenters. The number of anilines is 1. The van der Waals surface area contributed by atoms with Crippen LogP contribution in [0.1, 0.15) is 11.1 Å². The molecule has 0 fully saturated rings. The van der Waals surface area contributed by atoms with Crippen LogP contribution in [0.4, 0.5) is 5.69 Å². The van der Waals surface area contributed by atoms with Gasteiger partial charge in [0.05, 0.1) is 11.4 Å². The molecule has 0 spiro atoms. The number of aromatic nitrogens is 2. The van der Waals surface area contributed by atoms with Gasteiger partial charge in [-0.2, -0.15) is 0 Å². The lowest BCUT2D eigenvalue weighted by Gasteiger charge is -2.18. The standard InChI is InChI=1S/C30H21N.C16H12N4/c31-24-11-7-10-22(19-24)29-25-12-3-5-14-27(25)30(28-15-6-4-13-26(28)29)23-17-16-20-8-1-2-9-21(20)18-23;17-15-13(11-3-7-19-8-4-11)1-2-14(16(15)18)12-5-9-20-10-6-12/h1-19H,31H2;1-10,17-18H. The van der Waals surface area contributed by atoms with Crippen molar-refractivity contribution in [2.24, 2.45) is 0 Å². The summed E-state index contributed by atoms with van der Waals surface area (Å²) in [5.41, 5.74) is 15.6. The van der Waals surface area contributed by atoms with Crippen molar-refractivity contribution in [3.8, 4) is 22.3 Å².